The molecule has 2 aromatic carbocycles. The first kappa shape index (κ1) is 19.6. The van der Waals surface area contributed by atoms with Crippen molar-refractivity contribution in [2.45, 2.75) is 12.3 Å². The molecule has 0 saturated carbocycles. The fraction of sp³-hybridized carbons (Fsp3) is 0.100. The third-order valence-electron chi connectivity index (χ3n) is 4.69. The number of para-hydroxylation sites is 2. The van der Waals surface area contributed by atoms with Gasteiger partial charge in [0.2, 0.25) is 12.1 Å². The van der Waals surface area contributed by atoms with Crippen LogP contribution in [-0.4, -0.2) is 31.5 Å². The van der Waals surface area contributed by atoms with Crippen LogP contribution in [0, 0.1) is 21.6 Å². The smallest absolute Gasteiger partial charge is 0.290 e. The van der Waals surface area contributed by atoms with E-state index in [4.69, 9.17) is 5.26 Å². The molecule has 11 heteroatoms. The number of amides is 2. The Morgan fingerprint density at radius 2 is 1.87 bits per heavy atom. The Morgan fingerprint density at radius 1 is 1.16 bits per heavy atom. The molecule has 1 unspecified atom stereocenters. The van der Waals surface area contributed by atoms with Gasteiger partial charge in [0.25, 0.3) is 17.2 Å². The highest BCUT2D eigenvalue weighted by molar-refractivity contribution is 6.10. The fourth-order valence-corrected chi connectivity index (χ4v) is 3.31. The Hall–Kier alpha value is -4.72. The number of carbonyl (C=O) groups excluding carboxylic acids is 2. The number of rotatable bonds is 4. The van der Waals surface area contributed by atoms with Gasteiger partial charge < -0.3 is 0 Å². The molecule has 0 saturated heterocycles. The Balaban J connectivity index is 1.94. The lowest BCUT2D eigenvalue weighted by molar-refractivity contribution is -0.384. The van der Waals surface area contributed by atoms with Crippen molar-refractivity contribution in [2.75, 3.05) is 0 Å². The second-order valence-corrected chi connectivity index (χ2v) is 6.58. The number of carbonyl (C=O) groups is 2. The predicted molar refractivity (Wildman–Crippen MR) is 105 cm³/mol. The largest absolute Gasteiger partial charge is 0.295 e. The first-order valence-corrected chi connectivity index (χ1v) is 9.06. The summed E-state index contributed by atoms with van der Waals surface area (Å²) in [6.07, 6.45) is 1.82. The third kappa shape index (κ3) is 3.65. The van der Waals surface area contributed by atoms with Gasteiger partial charge in [-0.1, -0.05) is 42.5 Å². The Morgan fingerprint density at radius 3 is 2.58 bits per heavy atom. The molecule has 31 heavy (non-hydrogen) atoms. The van der Waals surface area contributed by atoms with Gasteiger partial charge in [-0.3, -0.25) is 25.0 Å². The highest BCUT2D eigenvalue weighted by Gasteiger charge is 2.36. The number of nitrogens with zero attached hydrogens (tertiary/aromatic N) is 6. The van der Waals surface area contributed by atoms with Crippen LogP contribution in [0.4, 0.5) is 5.69 Å². The summed E-state index contributed by atoms with van der Waals surface area (Å²) in [6, 6.07) is 14.8. The van der Waals surface area contributed by atoms with Crippen molar-refractivity contribution in [3.8, 4) is 11.9 Å². The van der Waals surface area contributed by atoms with E-state index in [-0.39, 0.29) is 34.8 Å². The van der Waals surface area contributed by atoms with Crippen LogP contribution >= 0.6 is 0 Å². The van der Waals surface area contributed by atoms with Gasteiger partial charge in [0.05, 0.1) is 16.5 Å². The van der Waals surface area contributed by atoms with Gasteiger partial charge in [-0.2, -0.15) is 15.0 Å². The molecule has 2 amide bonds. The van der Waals surface area contributed by atoms with E-state index in [1.807, 2.05) is 30.3 Å². The van der Waals surface area contributed by atoms with Crippen LogP contribution in [0.5, 0.6) is 0 Å². The van der Waals surface area contributed by atoms with Crippen molar-refractivity contribution in [1.82, 2.24) is 20.1 Å². The number of nitro benzene ring substituents is 1. The number of imide groups is 1. The SMILES string of the molecule is N#CN=c1nc2c(nn1-c1ccccc1[N+](=O)[O-])C(=O)NC(=O)C2Cc1ccccc1. The van der Waals surface area contributed by atoms with E-state index in [0.717, 1.165) is 10.2 Å². The number of aromatic nitrogens is 3. The minimum atomic E-state index is -0.851. The summed E-state index contributed by atoms with van der Waals surface area (Å²) in [4.78, 5) is 43.7. The average molecular weight is 415 g/mol. The van der Waals surface area contributed by atoms with Crippen molar-refractivity contribution in [2.24, 2.45) is 4.99 Å². The number of hydrogen-bond donors (Lipinski definition) is 1. The van der Waals surface area contributed by atoms with Crippen LogP contribution in [0.1, 0.15) is 27.7 Å². The quantitative estimate of drug-likeness (QED) is 0.290. The van der Waals surface area contributed by atoms with Gasteiger partial charge in [-0.15, -0.1) is 4.99 Å². The normalized spacial score (nSPS) is 15.7. The summed E-state index contributed by atoms with van der Waals surface area (Å²) in [5.74, 6) is -2.19. The van der Waals surface area contributed by atoms with Gasteiger partial charge in [0.1, 0.15) is 5.69 Å². The standard InChI is InChI=1S/C20H13N7O4/c21-11-22-20-23-16-13(10-12-6-2-1-3-7-12)18(28)24-19(29)17(16)25-26(20)14-8-4-5-9-15(14)27(30)31/h1-9,13H,10H2,(H,24,28,29). The molecule has 0 aliphatic carbocycles. The molecule has 0 spiro atoms. The maximum atomic E-state index is 12.5. The summed E-state index contributed by atoms with van der Waals surface area (Å²) < 4.78 is 0.954. The Bertz CT molecular complexity index is 1330. The zero-order valence-corrected chi connectivity index (χ0v) is 15.8. The predicted octanol–water partition coefficient (Wildman–Crippen LogP) is 1.15. The zero-order chi connectivity index (χ0) is 22.0. The molecule has 152 valence electrons. The molecule has 11 nitrogen and oxygen atoms in total. The van der Waals surface area contributed by atoms with E-state index in [0.29, 0.717) is 0 Å². The van der Waals surface area contributed by atoms with E-state index in [1.165, 1.54) is 24.3 Å². The zero-order valence-electron chi connectivity index (χ0n) is 15.8. The maximum absolute atomic E-state index is 12.5. The molecule has 2 heterocycles. The summed E-state index contributed by atoms with van der Waals surface area (Å²) in [5, 5.41) is 27.0. The number of nitro groups is 1. The second kappa shape index (κ2) is 7.96. The average Bonchev–Trinajstić information content (AvgIpc) is 2.77. The van der Waals surface area contributed by atoms with E-state index in [2.05, 4.69) is 20.4 Å². The molecular weight excluding hydrogens is 402 g/mol. The van der Waals surface area contributed by atoms with E-state index in [9.17, 15) is 19.7 Å². The van der Waals surface area contributed by atoms with Crippen molar-refractivity contribution in [3.63, 3.8) is 0 Å². The monoisotopic (exact) mass is 415 g/mol. The molecule has 1 atom stereocenters. The van der Waals surface area contributed by atoms with Crippen LogP contribution in [0.3, 0.4) is 0 Å². The summed E-state index contributed by atoms with van der Waals surface area (Å²) in [5.41, 5.74) is 0.0949. The van der Waals surface area contributed by atoms with Crippen LogP contribution in [0.15, 0.2) is 59.6 Å². The van der Waals surface area contributed by atoms with E-state index < -0.39 is 22.7 Å². The number of nitriles is 1. The number of nitrogens with one attached hydrogen (secondary N) is 1. The van der Waals surface area contributed by atoms with Gasteiger partial charge in [0, 0.05) is 6.07 Å². The van der Waals surface area contributed by atoms with Crippen molar-refractivity contribution < 1.29 is 14.5 Å². The van der Waals surface area contributed by atoms with Crippen LogP contribution in [0.25, 0.3) is 5.69 Å². The number of hydrogen-bond acceptors (Lipinski definition) is 8. The first-order valence-electron chi connectivity index (χ1n) is 9.06. The summed E-state index contributed by atoms with van der Waals surface area (Å²) in [6.45, 7) is 0. The van der Waals surface area contributed by atoms with Crippen molar-refractivity contribution in [1.29, 1.82) is 5.26 Å². The minimum absolute atomic E-state index is 0.0268. The summed E-state index contributed by atoms with van der Waals surface area (Å²) >= 11 is 0. The molecule has 0 fully saturated rings. The van der Waals surface area contributed by atoms with E-state index >= 15 is 0 Å². The first-order chi connectivity index (χ1) is 15.0. The molecule has 0 bridgehead atoms. The van der Waals surface area contributed by atoms with E-state index in [1.54, 1.807) is 6.19 Å². The maximum Gasteiger partial charge on any atom is 0.295 e. The van der Waals surface area contributed by atoms with Gasteiger partial charge in [-0.05, 0) is 18.1 Å². The lowest BCUT2D eigenvalue weighted by Gasteiger charge is -2.23. The van der Waals surface area contributed by atoms with Crippen LogP contribution in [0.2, 0.25) is 0 Å². The topological polar surface area (TPSA) is 156 Å². The number of fused-ring (bicyclic) bond motifs is 1. The summed E-state index contributed by atoms with van der Waals surface area (Å²) in [7, 11) is 0. The molecule has 0 radical (unpaired) electrons. The van der Waals surface area contributed by atoms with Crippen LogP contribution < -0.4 is 10.9 Å². The molecule has 4 rings (SSSR count). The Kier molecular flexibility index (Phi) is 5.03. The molecule has 1 aromatic heterocycles. The molecule has 1 aliphatic heterocycles. The highest BCUT2D eigenvalue weighted by atomic mass is 16.6. The van der Waals surface area contributed by atoms with Gasteiger partial charge in [-0.25, -0.2) is 4.98 Å². The molecule has 3 aromatic rings. The Labute approximate surface area is 174 Å². The molecule has 1 aliphatic rings. The van der Waals surface area contributed by atoms with Crippen molar-refractivity contribution in [3.05, 3.63) is 87.3 Å². The number of benzene rings is 2. The minimum Gasteiger partial charge on any atom is -0.290 e. The lowest BCUT2D eigenvalue weighted by Crippen LogP contribution is -2.45. The molecular formula is C20H13N7O4. The fourth-order valence-electron chi connectivity index (χ4n) is 3.31. The van der Waals surface area contributed by atoms with Gasteiger partial charge in [0.15, 0.2) is 5.69 Å². The third-order valence-corrected chi connectivity index (χ3v) is 4.69. The van der Waals surface area contributed by atoms with Crippen molar-refractivity contribution >= 4 is 17.5 Å². The second-order valence-electron chi connectivity index (χ2n) is 6.58. The van der Waals surface area contributed by atoms with Crippen LogP contribution in [-0.2, 0) is 11.2 Å². The lowest BCUT2D eigenvalue weighted by atomic mass is 9.91. The highest BCUT2D eigenvalue weighted by Crippen LogP contribution is 2.26. The van der Waals surface area contributed by atoms with Gasteiger partial charge >= 0.3 is 0 Å². The molecule has 1 N–H and O–H groups in total.